The molecule has 0 saturated heterocycles. The van der Waals surface area contributed by atoms with Gasteiger partial charge in [-0.25, -0.2) is 0 Å². The molecule has 1 rings (SSSR count). The molecule has 0 spiro atoms. The van der Waals surface area contributed by atoms with E-state index in [1.54, 1.807) is 0 Å². The van der Waals surface area contributed by atoms with Crippen molar-refractivity contribution in [2.24, 2.45) is 0 Å². The monoisotopic (exact) mass is 248 g/mol. The number of alkyl halides is 3. The van der Waals surface area contributed by atoms with Crippen molar-refractivity contribution in [2.45, 2.75) is 13.1 Å². The van der Waals surface area contributed by atoms with E-state index in [1.165, 1.54) is 0 Å². The lowest BCUT2D eigenvalue weighted by Gasteiger charge is -2.12. The van der Waals surface area contributed by atoms with Crippen LogP contribution in [-0.4, -0.2) is 10.7 Å². The smallest absolute Gasteiger partial charge is 0.397 e. The number of carbonyl (C=O) groups excluding carboxylic acids is 1. The number of halogens is 3. The topological polar surface area (TPSA) is 86.2 Å². The third kappa shape index (κ3) is 2.35. The number of nitrogen functional groups attached to an aromatic ring is 1. The van der Waals surface area contributed by atoms with Crippen LogP contribution in [0.1, 0.15) is 22.8 Å². The van der Waals surface area contributed by atoms with E-state index >= 15 is 0 Å². The van der Waals surface area contributed by atoms with Crippen molar-refractivity contribution in [3.8, 4) is 0 Å². The second-order valence-electron chi connectivity index (χ2n) is 3.23. The van der Waals surface area contributed by atoms with Crippen LogP contribution in [0.15, 0.2) is 12.1 Å². The number of Topliss-reactive ketones (excluding diaryl/α,β-unsaturated/α-hetero) is 1. The Hall–Kier alpha value is -2.12. The molecule has 1 aromatic rings. The van der Waals surface area contributed by atoms with Crippen molar-refractivity contribution in [1.82, 2.24) is 0 Å². The zero-order valence-electron chi connectivity index (χ0n) is 8.54. The molecular weight excluding hydrogens is 241 g/mol. The molecule has 0 aliphatic heterocycles. The fraction of sp³-hybridized carbons (Fsp3) is 0.222. The van der Waals surface area contributed by atoms with Crippen LogP contribution in [0.3, 0.4) is 0 Å². The summed E-state index contributed by atoms with van der Waals surface area (Å²) in [5.41, 5.74) is 1.54. The number of anilines is 1. The van der Waals surface area contributed by atoms with E-state index in [-0.39, 0.29) is 0 Å². The van der Waals surface area contributed by atoms with E-state index in [1.807, 2.05) is 0 Å². The Kier molecular flexibility index (Phi) is 3.08. The first-order valence-electron chi connectivity index (χ1n) is 4.31. The summed E-state index contributed by atoms with van der Waals surface area (Å²) >= 11 is 0. The minimum absolute atomic E-state index is 0.486. The lowest BCUT2D eigenvalue weighted by atomic mass is 10.0. The molecule has 0 unspecified atom stereocenters. The van der Waals surface area contributed by atoms with Gasteiger partial charge in [-0.3, -0.25) is 14.9 Å². The van der Waals surface area contributed by atoms with Crippen molar-refractivity contribution in [2.75, 3.05) is 5.73 Å². The van der Waals surface area contributed by atoms with Crippen molar-refractivity contribution in [1.29, 1.82) is 0 Å². The van der Waals surface area contributed by atoms with Gasteiger partial charge in [-0.05, 0) is 13.0 Å². The first kappa shape index (κ1) is 12.9. The predicted octanol–water partition coefficient (Wildman–Crippen LogP) is 2.40. The summed E-state index contributed by atoms with van der Waals surface area (Å²) in [6.45, 7) is 0.916. The maximum atomic E-state index is 12.5. The van der Waals surface area contributed by atoms with Crippen LogP contribution in [0.5, 0.6) is 0 Å². The largest absolute Gasteiger partial charge is 0.418 e. The summed E-state index contributed by atoms with van der Waals surface area (Å²) in [6, 6.07) is 1.11. The van der Waals surface area contributed by atoms with Crippen molar-refractivity contribution in [3.05, 3.63) is 33.4 Å². The Bertz CT molecular complexity index is 497. The van der Waals surface area contributed by atoms with E-state index < -0.39 is 39.4 Å². The minimum Gasteiger partial charge on any atom is -0.397 e. The normalized spacial score (nSPS) is 11.3. The molecule has 5 nitrogen and oxygen atoms in total. The van der Waals surface area contributed by atoms with Crippen LogP contribution in [0.2, 0.25) is 0 Å². The number of nitro benzene ring substituents is 1. The Morgan fingerprint density at radius 2 is 1.94 bits per heavy atom. The van der Waals surface area contributed by atoms with Gasteiger partial charge < -0.3 is 5.73 Å². The van der Waals surface area contributed by atoms with Crippen LogP contribution in [0.4, 0.5) is 24.5 Å². The van der Waals surface area contributed by atoms with Crippen LogP contribution in [0, 0.1) is 10.1 Å². The zero-order chi connectivity index (χ0) is 13.4. The summed E-state index contributed by atoms with van der Waals surface area (Å²) in [4.78, 5) is 20.7. The van der Waals surface area contributed by atoms with Crippen LogP contribution in [-0.2, 0) is 6.18 Å². The SMILES string of the molecule is CC(=O)c1c([N+](=O)[O-])ccc(C(F)(F)F)c1N. The summed E-state index contributed by atoms with van der Waals surface area (Å²) in [6.07, 6.45) is -4.76. The highest BCUT2D eigenvalue weighted by Crippen LogP contribution is 2.38. The maximum absolute atomic E-state index is 12.5. The highest BCUT2D eigenvalue weighted by molar-refractivity contribution is 6.03. The molecule has 0 aliphatic carbocycles. The van der Waals surface area contributed by atoms with Gasteiger partial charge in [0.25, 0.3) is 5.69 Å². The molecule has 92 valence electrons. The molecular formula is C9H7F3N2O3. The first-order valence-corrected chi connectivity index (χ1v) is 4.31. The highest BCUT2D eigenvalue weighted by Gasteiger charge is 2.36. The molecule has 0 atom stereocenters. The zero-order valence-corrected chi connectivity index (χ0v) is 8.54. The third-order valence-corrected chi connectivity index (χ3v) is 2.08. The molecule has 17 heavy (non-hydrogen) atoms. The molecule has 8 heteroatoms. The molecule has 0 bridgehead atoms. The molecule has 0 fully saturated rings. The number of hydrogen-bond donors (Lipinski definition) is 1. The lowest BCUT2D eigenvalue weighted by molar-refractivity contribution is -0.385. The lowest BCUT2D eigenvalue weighted by Crippen LogP contribution is -2.14. The summed E-state index contributed by atoms with van der Waals surface area (Å²) < 4.78 is 37.4. The first-order chi connectivity index (χ1) is 7.66. The molecule has 1 aromatic carbocycles. The van der Waals surface area contributed by atoms with Gasteiger partial charge in [0.05, 0.1) is 16.2 Å². The molecule has 2 N–H and O–H groups in total. The van der Waals surface area contributed by atoms with Gasteiger partial charge in [-0.15, -0.1) is 0 Å². The number of benzene rings is 1. The quantitative estimate of drug-likeness (QED) is 0.377. The Morgan fingerprint density at radius 1 is 1.41 bits per heavy atom. The summed E-state index contributed by atoms with van der Waals surface area (Å²) in [5, 5.41) is 10.6. The van der Waals surface area contributed by atoms with Gasteiger partial charge in [0, 0.05) is 6.07 Å². The molecule has 0 heterocycles. The number of nitrogens with zero attached hydrogens (tertiary/aromatic N) is 1. The van der Waals surface area contributed by atoms with E-state index in [0.29, 0.717) is 12.1 Å². The molecule has 0 saturated carbocycles. The van der Waals surface area contributed by atoms with E-state index in [2.05, 4.69) is 0 Å². The molecule has 0 aromatic heterocycles. The molecule has 0 aliphatic rings. The minimum atomic E-state index is -4.76. The average Bonchev–Trinajstić information content (AvgIpc) is 2.13. The van der Waals surface area contributed by atoms with Crippen molar-refractivity contribution >= 4 is 17.2 Å². The summed E-state index contributed by atoms with van der Waals surface area (Å²) in [7, 11) is 0. The number of carbonyl (C=O) groups is 1. The van der Waals surface area contributed by atoms with Crippen molar-refractivity contribution < 1.29 is 22.9 Å². The number of nitrogens with two attached hydrogens (primary N) is 1. The van der Waals surface area contributed by atoms with Crippen LogP contribution < -0.4 is 5.73 Å². The van der Waals surface area contributed by atoms with E-state index in [0.717, 1.165) is 6.92 Å². The van der Waals surface area contributed by atoms with E-state index in [4.69, 9.17) is 5.73 Å². The molecule has 0 amide bonds. The average molecular weight is 248 g/mol. The van der Waals surface area contributed by atoms with E-state index in [9.17, 15) is 28.1 Å². The van der Waals surface area contributed by atoms with Gasteiger partial charge in [0.15, 0.2) is 5.78 Å². The standard InChI is InChI=1S/C9H7F3N2O3/c1-4(15)7-6(14(16)17)3-2-5(8(7)13)9(10,11)12/h2-3H,13H2,1H3. The number of ketones is 1. The highest BCUT2D eigenvalue weighted by atomic mass is 19.4. The summed E-state index contributed by atoms with van der Waals surface area (Å²) in [5.74, 6) is -0.889. The van der Waals surface area contributed by atoms with Gasteiger partial charge in [-0.2, -0.15) is 13.2 Å². The van der Waals surface area contributed by atoms with Gasteiger partial charge in [0.1, 0.15) is 5.56 Å². The number of hydrogen-bond acceptors (Lipinski definition) is 4. The second-order valence-corrected chi connectivity index (χ2v) is 3.23. The Labute approximate surface area is 93.2 Å². The van der Waals surface area contributed by atoms with Crippen LogP contribution in [0.25, 0.3) is 0 Å². The fourth-order valence-electron chi connectivity index (χ4n) is 1.38. The molecule has 0 radical (unpaired) electrons. The Balaban J connectivity index is 3.61. The maximum Gasteiger partial charge on any atom is 0.418 e. The second kappa shape index (κ2) is 4.04. The van der Waals surface area contributed by atoms with Crippen LogP contribution >= 0.6 is 0 Å². The number of nitro groups is 1. The van der Waals surface area contributed by atoms with Gasteiger partial charge >= 0.3 is 6.18 Å². The Morgan fingerprint density at radius 3 is 2.29 bits per heavy atom. The van der Waals surface area contributed by atoms with Crippen molar-refractivity contribution in [3.63, 3.8) is 0 Å². The predicted molar refractivity (Wildman–Crippen MR) is 52.5 cm³/mol. The number of rotatable bonds is 2. The van der Waals surface area contributed by atoms with Gasteiger partial charge in [0.2, 0.25) is 0 Å². The third-order valence-electron chi connectivity index (χ3n) is 2.08. The fourth-order valence-corrected chi connectivity index (χ4v) is 1.38. The van der Waals surface area contributed by atoms with Gasteiger partial charge in [-0.1, -0.05) is 0 Å².